The molecule has 1 aromatic carbocycles. The number of aromatic nitrogens is 2. The van der Waals surface area contributed by atoms with Crippen LogP contribution in [-0.4, -0.2) is 41.6 Å². The molecule has 1 saturated heterocycles. The number of phenolic OH excluding ortho intramolecular Hbond substituents is 1. The first-order valence-corrected chi connectivity index (χ1v) is 9.59. The van der Waals surface area contributed by atoms with Crippen molar-refractivity contribution in [3.05, 3.63) is 40.1 Å². The summed E-state index contributed by atoms with van der Waals surface area (Å²) in [6.07, 6.45) is 0. The Hall–Kier alpha value is -3.43. The van der Waals surface area contributed by atoms with Crippen LogP contribution >= 0.6 is 0 Å². The van der Waals surface area contributed by atoms with Crippen molar-refractivity contribution in [2.75, 3.05) is 14.2 Å². The van der Waals surface area contributed by atoms with Gasteiger partial charge in [-0.05, 0) is 17.7 Å². The Balaban J connectivity index is 2.31. The fourth-order valence-corrected chi connectivity index (χ4v) is 3.79. The molecule has 0 unspecified atom stereocenters. The molecule has 3 rings (SSSR count). The molecular formula is C21H26N2O8. The van der Waals surface area contributed by atoms with Crippen molar-refractivity contribution in [1.82, 2.24) is 4.57 Å². The number of hydrogen-bond acceptors (Lipinski definition) is 8. The summed E-state index contributed by atoms with van der Waals surface area (Å²) in [5.74, 6) is -5.65. The first-order valence-electron chi connectivity index (χ1n) is 9.59. The Kier molecular flexibility index (Phi) is 5.51. The normalized spacial score (nSPS) is 17.1. The van der Waals surface area contributed by atoms with E-state index >= 15 is 0 Å². The average molecular weight is 434 g/mol. The van der Waals surface area contributed by atoms with Crippen LogP contribution in [0.1, 0.15) is 42.5 Å². The van der Waals surface area contributed by atoms with Gasteiger partial charge in [-0.25, -0.2) is 9.30 Å². The average Bonchev–Trinajstić information content (AvgIpc) is 2.87. The number of nitrogens with zero attached hydrogens (tertiary/aromatic N) is 2. The third-order valence-corrected chi connectivity index (χ3v) is 5.56. The Bertz CT molecular complexity index is 986. The van der Waals surface area contributed by atoms with Gasteiger partial charge >= 0.3 is 11.9 Å². The minimum atomic E-state index is -1.46. The number of carbonyl (C=O) groups excluding carboxylic acids is 2. The maximum absolute atomic E-state index is 13.1. The van der Waals surface area contributed by atoms with Gasteiger partial charge in [-0.3, -0.25) is 9.59 Å². The van der Waals surface area contributed by atoms with Gasteiger partial charge in [0.05, 0.1) is 21.3 Å². The molecule has 1 fully saturated rings. The fraction of sp³-hybridized carbons (Fsp3) is 0.476. The zero-order valence-corrected chi connectivity index (χ0v) is 18.5. The molecule has 1 atom stereocenters. The number of esters is 2. The number of carbonyl (C=O) groups is 2. The number of imidazole rings is 1. The molecule has 2 aromatic rings. The molecular weight excluding hydrogens is 408 g/mol. The molecule has 10 nitrogen and oxygen atoms in total. The standard InChI is InChI=1S/C21H26N2O8/c1-10-11(2)23(27)18(22(10)5)15(16-19(25)30-21(3,4)31-20(16)26)12-8-13(28-6)17(24)14(9-12)29-7/h8-9,15-16,24H,1-7H3/t15-/m1/s1. The van der Waals surface area contributed by atoms with E-state index in [-0.39, 0.29) is 23.1 Å². The topological polar surface area (TPSA) is 123 Å². The van der Waals surface area contributed by atoms with Gasteiger partial charge in [0.15, 0.2) is 17.4 Å². The van der Waals surface area contributed by atoms with Crippen molar-refractivity contribution in [3.8, 4) is 17.2 Å². The van der Waals surface area contributed by atoms with Crippen LogP contribution < -0.4 is 14.2 Å². The van der Waals surface area contributed by atoms with Gasteiger partial charge < -0.3 is 29.3 Å². The number of rotatable bonds is 5. The van der Waals surface area contributed by atoms with Crippen molar-refractivity contribution in [2.24, 2.45) is 13.0 Å². The van der Waals surface area contributed by atoms with Crippen LogP contribution in [0.5, 0.6) is 17.2 Å². The van der Waals surface area contributed by atoms with Crippen LogP contribution in [0.3, 0.4) is 0 Å². The number of phenols is 1. The van der Waals surface area contributed by atoms with E-state index in [4.69, 9.17) is 18.9 Å². The van der Waals surface area contributed by atoms with E-state index in [0.29, 0.717) is 21.7 Å². The molecule has 1 aliphatic rings. The minimum absolute atomic E-state index is 0.0531. The monoisotopic (exact) mass is 434 g/mol. The lowest BCUT2D eigenvalue weighted by Crippen LogP contribution is -2.50. The highest BCUT2D eigenvalue weighted by Gasteiger charge is 2.52. The van der Waals surface area contributed by atoms with Crippen molar-refractivity contribution >= 4 is 11.9 Å². The summed E-state index contributed by atoms with van der Waals surface area (Å²) >= 11 is 0. The SMILES string of the molecule is COc1cc([C@@H](c2n(C)c(C)c(C)[n+]2[O-])C2C(=O)OC(C)(C)OC2=O)cc(OC)c1O. The molecule has 0 saturated carbocycles. The Morgan fingerprint density at radius 2 is 1.61 bits per heavy atom. The first kappa shape index (κ1) is 22.3. The third kappa shape index (κ3) is 3.62. The predicted molar refractivity (Wildman–Crippen MR) is 107 cm³/mol. The van der Waals surface area contributed by atoms with E-state index in [1.165, 1.54) is 40.2 Å². The maximum atomic E-state index is 13.1. The van der Waals surface area contributed by atoms with Crippen LogP contribution in [0.15, 0.2) is 12.1 Å². The largest absolute Gasteiger partial charge is 0.711 e. The van der Waals surface area contributed by atoms with E-state index in [9.17, 15) is 19.9 Å². The summed E-state index contributed by atoms with van der Waals surface area (Å²) in [6, 6.07) is 2.89. The lowest BCUT2D eigenvalue weighted by atomic mass is 9.84. The summed E-state index contributed by atoms with van der Waals surface area (Å²) in [7, 11) is 4.37. The quantitative estimate of drug-likeness (QED) is 0.326. The maximum Gasteiger partial charge on any atom is 0.324 e. The van der Waals surface area contributed by atoms with Crippen molar-refractivity contribution in [3.63, 3.8) is 0 Å². The zero-order valence-electron chi connectivity index (χ0n) is 18.5. The highest BCUT2D eigenvalue weighted by atomic mass is 16.7. The van der Waals surface area contributed by atoms with Gasteiger partial charge in [0.2, 0.25) is 5.75 Å². The molecule has 0 amide bonds. The molecule has 31 heavy (non-hydrogen) atoms. The third-order valence-electron chi connectivity index (χ3n) is 5.56. The first-order chi connectivity index (χ1) is 14.4. The van der Waals surface area contributed by atoms with E-state index < -0.39 is 29.6 Å². The molecule has 0 aliphatic carbocycles. The predicted octanol–water partition coefficient (Wildman–Crippen LogP) is 1.58. The summed E-state index contributed by atoms with van der Waals surface area (Å²) in [4.78, 5) is 25.9. The van der Waals surface area contributed by atoms with Gasteiger partial charge in [-0.15, -0.1) is 0 Å². The van der Waals surface area contributed by atoms with Crippen LogP contribution in [0.2, 0.25) is 0 Å². The molecule has 0 bridgehead atoms. The number of methoxy groups -OCH3 is 2. The fourth-order valence-electron chi connectivity index (χ4n) is 3.79. The van der Waals surface area contributed by atoms with Crippen LogP contribution in [0.4, 0.5) is 0 Å². The molecule has 0 radical (unpaired) electrons. The number of aromatic hydroxyl groups is 1. The highest BCUT2D eigenvalue weighted by molar-refractivity contribution is 5.98. The number of benzene rings is 1. The van der Waals surface area contributed by atoms with Gasteiger partial charge in [-0.1, -0.05) is 0 Å². The van der Waals surface area contributed by atoms with Gasteiger partial charge in [0, 0.05) is 27.7 Å². The molecule has 168 valence electrons. The lowest BCUT2D eigenvalue weighted by molar-refractivity contribution is -0.621. The second-order valence-corrected chi connectivity index (χ2v) is 7.85. The summed E-state index contributed by atoms with van der Waals surface area (Å²) in [5, 5.41) is 23.4. The number of cyclic esters (lactones) is 2. The van der Waals surface area contributed by atoms with Crippen LogP contribution in [0.25, 0.3) is 0 Å². The molecule has 10 heteroatoms. The second kappa shape index (κ2) is 7.68. The van der Waals surface area contributed by atoms with Crippen LogP contribution in [0, 0.1) is 25.0 Å². The summed E-state index contributed by atoms with van der Waals surface area (Å²) in [5.41, 5.74) is 1.40. The molecule has 1 aromatic heterocycles. The van der Waals surface area contributed by atoms with E-state index in [2.05, 4.69) is 0 Å². The van der Waals surface area contributed by atoms with E-state index in [0.717, 1.165) is 0 Å². The molecule has 2 heterocycles. The van der Waals surface area contributed by atoms with Gasteiger partial charge in [0.1, 0.15) is 17.3 Å². The zero-order chi connectivity index (χ0) is 23.2. The second-order valence-electron chi connectivity index (χ2n) is 7.85. The molecule has 1 aliphatic heterocycles. The van der Waals surface area contributed by atoms with E-state index in [1.54, 1.807) is 25.5 Å². The Labute approximate surface area is 179 Å². The Morgan fingerprint density at radius 1 is 1.13 bits per heavy atom. The number of ether oxygens (including phenoxy) is 4. The molecule has 0 spiro atoms. The van der Waals surface area contributed by atoms with Crippen molar-refractivity contribution in [1.29, 1.82) is 0 Å². The van der Waals surface area contributed by atoms with E-state index in [1.807, 2.05) is 0 Å². The van der Waals surface area contributed by atoms with Crippen LogP contribution in [-0.2, 0) is 26.1 Å². The summed E-state index contributed by atoms with van der Waals surface area (Å²) in [6.45, 7) is 6.29. The molecule has 1 N–H and O–H groups in total. The van der Waals surface area contributed by atoms with Crippen molar-refractivity contribution < 1.29 is 38.4 Å². The minimum Gasteiger partial charge on any atom is -0.711 e. The van der Waals surface area contributed by atoms with Crippen molar-refractivity contribution in [2.45, 2.75) is 39.4 Å². The lowest BCUT2D eigenvalue weighted by Gasteiger charge is -2.35. The van der Waals surface area contributed by atoms with Gasteiger partial charge in [0.25, 0.3) is 11.6 Å². The van der Waals surface area contributed by atoms with Gasteiger partial charge in [-0.2, -0.15) is 0 Å². The smallest absolute Gasteiger partial charge is 0.324 e. The highest BCUT2D eigenvalue weighted by Crippen LogP contribution is 2.44. The summed E-state index contributed by atoms with van der Waals surface area (Å²) < 4.78 is 23.4. The Morgan fingerprint density at radius 3 is 2.00 bits per heavy atom. The number of hydrogen-bond donors (Lipinski definition) is 1.